The number of fused-ring (bicyclic) bond motifs is 1. The van der Waals surface area contributed by atoms with Crippen LogP contribution in [0.5, 0.6) is 0 Å². The SMILES string of the molecule is COC(=O)CCNC(=O)c1ccc2c(c1)nc(CC(C)C1CCNCC1)n2C. The lowest BCUT2D eigenvalue weighted by Gasteiger charge is -2.28. The van der Waals surface area contributed by atoms with Crippen molar-refractivity contribution >= 4 is 22.9 Å². The molecule has 1 atom stereocenters. The summed E-state index contributed by atoms with van der Waals surface area (Å²) in [7, 11) is 3.37. The molecule has 3 rings (SSSR count). The molecule has 1 aliphatic heterocycles. The largest absolute Gasteiger partial charge is 0.469 e. The van der Waals surface area contributed by atoms with Crippen molar-refractivity contribution in [1.82, 2.24) is 20.2 Å². The molecule has 1 saturated heterocycles. The maximum absolute atomic E-state index is 12.3. The molecule has 0 saturated carbocycles. The molecule has 2 N–H and O–H groups in total. The quantitative estimate of drug-likeness (QED) is 0.712. The summed E-state index contributed by atoms with van der Waals surface area (Å²) < 4.78 is 6.71. The molecule has 1 aliphatic rings. The van der Waals surface area contributed by atoms with E-state index in [2.05, 4.69) is 26.9 Å². The first-order valence-electron chi connectivity index (χ1n) is 10.0. The minimum absolute atomic E-state index is 0.160. The maximum atomic E-state index is 12.3. The summed E-state index contributed by atoms with van der Waals surface area (Å²) in [5.74, 6) is 1.83. The molecule has 7 nitrogen and oxygen atoms in total. The van der Waals surface area contributed by atoms with E-state index in [0.717, 1.165) is 42.3 Å². The van der Waals surface area contributed by atoms with Crippen LogP contribution >= 0.6 is 0 Å². The van der Waals surface area contributed by atoms with Crippen LogP contribution in [0.15, 0.2) is 18.2 Å². The van der Waals surface area contributed by atoms with E-state index in [-0.39, 0.29) is 24.8 Å². The molecular weight excluding hydrogens is 356 g/mol. The Hall–Kier alpha value is -2.41. The van der Waals surface area contributed by atoms with E-state index in [1.165, 1.54) is 20.0 Å². The first-order valence-corrected chi connectivity index (χ1v) is 10.0. The summed E-state index contributed by atoms with van der Waals surface area (Å²) in [5, 5.41) is 6.17. The average molecular weight is 386 g/mol. The second-order valence-electron chi connectivity index (χ2n) is 7.64. The number of aromatic nitrogens is 2. The lowest BCUT2D eigenvalue weighted by atomic mass is 9.84. The van der Waals surface area contributed by atoms with Gasteiger partial charge in [0.05, 0.1) is 24.6 Å². The zero-order valence-electron chi connectivity index (χ0n) is 17.0. The predicted molar refractivity (Wildman–Crippen MR) is 108 cm³/mol. The molecule has 2 heterocycles. The zero-order chi connectivity index (χ0) is 20.1. The number of benzene rings is 1. The van der Waals surface area contributed by atoms with Gasteiger partial charge in [-0.15, -0.1) is 0 Å². The van der Waals surface area contributed by atoms with Crippen molar-refractivity contribution in [2.45, 2.75) is 32.6 Å². The van der Waals surface area contributed by atoms with Gasteiger partial charge in [-0.25, -0.2) is 4.98 Å². The molecule has 1 amide bonds. The lowest BCUT2D eigenvalue weighted by Crippen LogP contribution is -2.31. The fourth-order valence-corrected chi connectivity index (χ4v) is 3.92. The Morgan fingerprint density at radius 2 is 2.11 bits per heavy atom. The smallest absolute Gasteiger partial charge is 0.307 e. The summed E-state index contributed by atoms with van der Waals surface area (Å²) in [6.07, 6.45) is 3.55. The van der Waals surface area contributed by atoms with Gasteiger partial charge in [0, 0.05) is 25.6 Å². The number of nitrogens with one attached hydrogen (secondary N) is 2. The second kappa shape index (κ2) is 9.19. The molecule has 1 unspecified atom stereocenters. The van der Waals surface area contributed by atoms with Crippen LogP contribution in [0.2, 0.25) is 0 Å². The molecule has 0 radical (unpaired) electrons. The van der Waals surface area contributed by atoms with Gasteiger partial charge in [0.15, 0.2) is 0 Å². The third-order valence-electron chi connectivity index (χ3n) is 5.77. The van der Waals surface area contributed by atoms with Crippen molar-refractivity contribution in [3.63, 3.8) is 0 Å². The number of rotatable bonds is 7. The van der Waals surface area contributed by atoms with Gasteiger partial charge in [0.1, 0.15) is 5.82 Å². The van der Waals surface area contributed by atoms with Gasteiger partial charge in [0.25, 0.3) is 5.91 Å². The van der Waals surface area contributed by atoms with Gasteiger partial charge in [-0.2, -0.15) is 0 Å². The van der Waals surface area contributed by atoms with Crippen LogP contribution in [0.4, 0.5) is 0 Å². The summed E-state index contributed by atoms with van der Waals surface area (Å²) in [5.41, 5.74) is 2.41. The number of methoxy groups -OCH3 is 1. The average Bonchev–Trinajstić information content (AvgIpc) is 3.03. The number of nitrogens with zero attached hydrogens (tertiary/aromatic N) is 2. The van der Waals surface area contributed by atoms with Crippen LogP contribution in [0.3, 0.4) is 0 Å². The minimum Gasteiger partial charge on any atom is -0.469 e. The number of piperidine rings is 1. The van der Waals surface area contributed by atoms with E-state index in [4.69, 9.17) is 4.98 Å². The van der Waals surface area contributed by atoms with Crippen molar-refractivity contribution in [1.29, 1.82) is 0 Å². The topological polar surface area (TPSA) is 85.2 Å². The van der Waals surface area contributed by atoms with Gasteiger partial charge in [-0.05, 0) is 56.0 Å². The Morgan fingerprint density at radius 1 is 1.36 bits per heavy atom. The van der Waals surface area contributed by atoms with Gasteiger partial charge in [-0.1, -0.05) is 6.92 Å². The second-order valence-corrected chi connectivity index (χ2v) is 7.64. The zero-order valence-corrected chi connectivity index (χ0v) is 17.0. The van der Waals surface area contributed by atoms with Gasteiger partial charge in [0.2, 0.25) is 0 Å². The standard InChI is InChI=1S/C21H30N4O3/c1-14(15-6-9-22-10-7-15)12-19-24-17-13-16(4-5-18(17)25(19)2)21(27)23-11-8-20(26)28-3/h4-5,13-15,22H,6-12H2,1-3H3,(H,23,27). The predicted octanol–water partition coefficient (Wildman–Crippen LogP) is 2.04. The van der Waals surface area contributed by atoms with Crippen LogP contribution in [0.1, 0.15) is 42.4 Å². The Balaban J connectivity index is 1.68. The number of amides is 1. The summed E-state index contributed by atoms with van der Waals surface area (Å²) in [6.45, 7) is 4.78. The molecule has 1 aromatic heterocycles. The fourth-order valence-electron chi connectivity index (χ4n) is 3.92. The van der Waals surface area contributed by atoms with Crippen molar-refractivity contribution in [3.05, 3.63) is 29.6 Å². The van der Waals surface area contributed by atoms with Crippen LogP contribution < -0.4 is 10.6 Å². The third kappa shape index (κ3) is 4.70. The number of hydrogen-bond acceptors (Lipinski definition) is 5. The van der Waals surface area contributed by atoms with Crippen molar-refractivity contribution in [2.24, 2.45) is 18.9 Å². The summed E-state index contributed by atoms with van der Waals surface area (Å²) in [6, 6.07) is 5.56. The highest BCUT2D eigenvalue weighted by Crippen LogP contribution is 2.26. The lowest BCUT2D eigenvalue weighted by molar-refractivity contribution is -0.140. The molecule has 28 heavy (non-hydrogen) atoms. The van der Waals surface area contributed by atoms with Crippen LogP contribution in [0, 0.1) is 11.8 Å². The highest BCUT2D eigenvalue weighted by atomic mass is 16.5. The summed E-state index contributed by atoms with van der Waals surface area (Å²) in [4.78, 5) is 28.3. The molecule has 0 bridgehead atoms. The number of aryl methyl sites for hydroxylation is 1. The highest BCUT2D eigenvalue weighted by Gasteiger charge is 2.22. The molecule has 1 aromatic carbocycles. The molecular formula is C21H30N4O3. The number of carbonyl (C=O) groups is 2. The van der Waals surface area contributed by atoms with Crippen molar-refractivity contribution in [2.75, 3.05) is 26.7 Å². The molecule has 2 aromatic rings. The van der Waals surface area contributed by atoms with Crippen molar-refractivity contribution < 1.29 is 14.3 Å². The van der Waals surface area contributed by atoms with E-state index in [1.807, 2.05) is 19.2 Å². The van der Waals surface area contributed by atoms with Gasteiger partial charge < -0.3 is 19.9 Å². The highest BCUT2D eigenvalue weighted by molar-refractivity contribution is 5.97. The normalized spacial score (nSPS) is 16.1. The number of hydrogen-bond donors (Lipinski definition) is 2. The van der Waals surface area contributed by atoms with Crippen LogP contribution in [-0.4, -0.2) is 48.2 Å². The Morgan fingerprint density at radius 3 is 2.82 bits per heavy atom. The molecule has 0 spiro atoms. The Labute approximate surface area is 165 Å². The van der Waals surface area contributed by atoms with Crippen LogP contribution in [0.25, 0.3) is 11.0 Å². The van der Waals surface area contributed by atoms with Crippen LogP contribution in [-0.2, 0) is 23.0 Å². The maximum Gasteiger partial charge on any atom is 0.307 e. The summed E-state index contributed by atoms with van der Waals surface area (Å²) >= 11 is 0. The molecule has 7 heteroatoms. The van der Waals surface area contributed by atoms with Crippen molar-refractivity contribution in [3.8, 4) is 0 Å². The minimum atomic E-state index is -0.340. The third-order valence-corrected chi connectivity index (χ3v) is 5.77. The molecule has 1 fully saturated rings. The van der Waals surface area contributed by atoms with E-state index in [1.54, 1.807) is 6.07 Å². The Bertz CT molecular complexity index is 840. The molecule has 0 aliphatic carbocycles. The number of carbonyl (C=O) groups excluding carboxylic acids is 2. The van der Waals surface area contributed by atoms with E-state index >= 15 is 0 Å². The van der Waals surface area contributed by atoms with Gasteiger partial charge in [-0.3, -0.25) is 9.59 Å². The first kappa shape index (κ1) is 20.3. The van der Waals surface area contributed by atoms with E-state index < -0.39 is 0 Å². The first-order chi connectivity index (χ1) is 13.5. The van der Waals surface area contributed by atoms with Gasteiger partial charge >= 0.3 is 5.97 Å². The van der Waals surface area contributed by atoms with E-state index in [0.29, 0.717) is 11.5 Å². The monoisotopic (exact) mass is 386 g/mol. The fraction of sp³-hybridized carbons (Fsp3) is 0.571. The number of ether oxygens (including phenoxy) is 1. The number of esters is 1. The Kier molecular flexibility index (Phi) is 6.67. The molecule has 152 valence electrons. The van der Waals surface area contributed by atoms with E-state index in [9.17, 15) is 9.59 Å². The number of imidazole rings is 1.